The molecule has 1 aromatic carbocycles. The van der Waals surface area contributed by atoms with Crippen LogP contribution in [0.25, 0.3) is 10.2 Å². The number of thiazole rings is 1. The summed E-state index contributed by atoms with van der Waals surface area (Å²) in [5, 5.41) is 4.61. The van der Waals surface area contributed by atoms with Gasteiger partial charge in [-0.2, -0.15) is 0 Å². The van der Waals surface area contributed by atoms with Gasteiger partial charge in [0.25, 0.3) is 0 Å². The molecule has 1 aromatic heterocycles. The molecule has 0 amide bonds. The molecule has 90 valence electrons. The zero-order valence-electron chi connectivity index (χ0n) is 10.1. The van der Waals surface area contributed by atoms with Gasteiger partial charge in [0.15, 0.2) is 5.13 Å². The van der Waals surface area contributed by atoms with Crippen molar-refractivity contribution in [3.05, 3.63) is 23.8 Å². The number of nitrogens with zero attached hydrogens (tertiary/aromatic N) is 2. The summed E-state index contributed by atoms with van der Waals surface area (Å²) in [7, 11) is 0. The molecule has 0 atom stereocenters. The van der Waals surface area contributed by atoms with Crippen LogP contribution in [0.1, 0.15) is 12.0 Å². The van der Waals surface area contributed by atoms with Crippen LogP contribution in [0, 0.1) is 6.92 Å². The molecule has 2 aromatic rings. The van der Waals surface area contributed by atoms with Gasteiger partial charge in [0.05, 0.1) is 10.2 Å². The molecule has 3 rings (SSSR count). The van der Waals surface area contributed by atoms with E-state index in [1.54, 1.807) is 0 Å². The van der Waals surface area contributed by atoms with E-state index < -0.39 is 0 Å². The number of anilines is 1. The molecule has 1 fully saturated rings. The highest BCUT2D eigenvalue weighted by molar-refractivity contribution is 7.22. The lowest BCUT2D eigenvalue weighted by atomic mass is 10.2. The molecule has 0 saturated carbocycles. The zero-order chi connectivity index (χ0) is 11.7. The van der Waals surface area contributed by atoms with Crippen molar-refractivity contribution < 1.29 is 0 Å². The molecule has 17 heavy (non-hydrogen) atoms. The van der Waals surface area contributed by atoms with Gasteiger partial charge in [-0.25, -0.2) is 4.98 Å². The number of rotatable bonds is 1. The third-order valence-corrected chi connectivity index (χ3v) is 4.30. The minimum Gasteiger partial charge on any atom is -0.347 e. The van der Waals surface area contributed by atoms with Crippen LogP contribution in [-0.2, 0) is 0 Å². The highest BCUT2D eigenvalue weighted by Crippen LogP contribution is 2.30. The monoisotopic (exact) mass is 247 g/mol. The summed E-state index contributed by atoms with van der Waals surface area (Å²) in [4.78, 5) is 7.20. The fourth-order valence-corrected chi connectivity index (χ4v) is 3.34. The highest BCUT2D eigenvalue weighted by Gasteiger charge is 2.14. The van der Waals surface area contributed by atoms with Crippen molar-refractivity contribution in [3.8, 4) is 0 Å². The second-order valence-corrected chi connectivity index (χ2v) is 5.52. The first-order valence-corrected chi connectivity index (χ1v) is 6.98. The maximum Gasteiger partial charge on any atom is 0.186 e. The Hall–Kier alpha value is -1.13. The molecule has 0 aliphatic carbocycles. The smallest absolute Gasteiger partial charge is 0.186 e. The molecule has 1 aliphatic rings. The first-order valence-electron chi connectivity index (χ1n) is 6.16. The lowest BCUT2D eigenvalue weighted by Gasteiger charge is -2.17. The van der Waals surface area contributed by atoms with Crippen LogP contribution in [0.5, 0.6) is 0 Å². The van der Waals surface area contributed by atoms with Crippen LogP contribution in [0.15, 0.2) is 18.2 Å². The quantitative estimate of drug-likeness (QED) is 0.839. The molecule has 0 radical (unpaired) electrons. The third-order valence-electron chi connectivity index (χ3n) is 3.22. The summed E-state index contributed by atoms with van der Waals surface area (Å²) in [5.74, 6) is 0. The van der Waals surface area contributed by atoms with Gasteiger partial charge in [-0.15, -0.1) is 0 Å². The largest absolute Gasteiger partial charge is 0.347 e. The summed E-state index contributed by atoms with van der Waals surface area (Å²) >= 11 is 1.81. The van der Waals surface area contributed by atoms with Crippen molar-refractivity contribution in [1.82, 2.24) is 10.3 Å². The van der Waals surface area contributed by atoms with Crippen molar-refractivity contribution in [1.29, 1.82) is 0 Å². The standard InChI is InChI=1S/C13H17N3S/c1-10-4-2-5-11-12(10)15-13(17-11)16-8-3-6-14-7-9-16/h2,4-5,14H,3,6-9H2,1H3. The van der Waals surface area contributed by atoms with Gasteiger partial charge in [0.2, 0.25) is 0 Å². The number of aryl methyl sites for hydroxylation is 1. The molecule has 0 unspecified atom stereocenters. The Balaban J connectivity index is 1.96. The maximum atomic E-state index is 4.79. The number of nitrogens with one attached hydrogen (secondary N) is 1. The lowest BCUT2D eigenvalue weighted by Crippen LogP contribution is -2.27. The van der Waals surface area contributed by atoms with E-state index in [0.29, 0.717) is 0 Å². The van der Waals surface area contributed by atoms with Crippen LogP contribution in [-0.4, -0.2) is 31.2 Å². The normalized spacial score (nSPS) is 17.4. The van der Waals surface area contributed by atoms with Gasteiger partial charge in [0, 0.05) is 19.6 Å². The van der Waals surface area contributed by atoms with E-state index in [0.717, 1.165) is 26.2 Å². The minimum absolute atomic E-state index is 1.06. The average molecular weight is 247 g/mol. The van der Waals surface area contributed by atoms with Gasteiger partial charge in [-0.05, 0) is 31.5 Å². The van der Waals surface area contributed by atoms with Gasteiger partial charge >= 0.3 is 0 Å². The van der Waals surface area contributed by atoms with Crippen molar-refractivity contribution in [3.63, 3.8) is 0 Å². The number of fused-ring (bicyclic) bond motifs is 1. The van der Waals surface area contributed by atoms with E-state index in [1.165, 1.54) is 27.3 Å². The summed E-state index contributed by atoms with van der Waals surface area (Å²) in [6.07, 6.45) is 1.20. The van der Waals surface area contributed by atoms with Crippen molar-refractivity contribution >= 4 is 26.7 Å². The molecule has 0 spiro atoms. The number of hydrogen-bond acceptors (Lipinski definition) is 4. The zero-order valence-corrected chi connectivity index (χ0v) is 10.9. The molecule has 1 saturated heterocycles. The van der Waals surface area contributed by atoms with Gasteiger partial charge < -0.3 is 10.2 Å². The molecule has 4 heteroatoms. The second-order valence-electron chi connectivity index (χ2n) is 4.51. The summed E-state index contributed by atoms with van der Waals surface area (Å²) in [6.45, 7) is 6.51. The fourth-order valence-electron chi connectivity index (χ4n) is 2.25. The Morgan fingerprint density at radius 3 is 3.12 bits per heavy atom. The van der Waals surface area contributed by atoms with Gasteiger partial charge in [-0.3, -0.25) is 0 Å². The number of aromatic nitrogens is 1. The Kier molecular flexibility index (Phi) is 2.99. The Morgan fingerprint density at radius 1 is 1.29 bits per heavy atom. The summed E-state index contributed by atoms with van der Waals surface area (Å²) < 4.78 is 1.30. The average Bonchev–Trinajstić information content (AvgIpc) is 2.59. The topological polar surface area (TPSA) is 28.2 Å². The Bertz CT molecular complexity index is 512. The van der Waals surface area contributed by atoms with E-state index in [9.17, 15) is 0 Å². The van der Waals surface area contributed by atoms with Crippen LogP contribution >= 0.6 is 11.3 Å². The summed E-state index contributed by atoms with van der Waals surface area (Å²) in [6, 6.07) is 6.42. The lowest BCUT2D eigenvalue weighted by molar-refractivity contribution is 0.724. The van der Waals surface area contributed by atoms with E-state index in [-0.39, 0.29) is 0 Å². The van der Waals surface area contributed by atoms with Crippen molar-refractivity contribution in [2.75, 3.05) is 31.1 Å². The summed E-state index contributed by atoms with van der Waals surface area (Å²) in [5.41, 5.74) is 2.45. The minimum atomic E-state index is 1.06. The molecule has 3 nitrogen and oxygen atoms in total. The maximum absolute atomic E-state index is 4.79. The number of benzene rings is 1. The first kappa shape index (κ1) is 11.0. The predicted octanol–water partition coefficient (Wildman–Crippen LogP) is 2.40. The van der Waals surface area contributed by atoms with Crippen molar-refractivity contribution in [2.24, 2.45) is 0 Å². The molecular formula is C13H17N3S. The number of para-hydroxylation sites is 1. The predicted molar refractivity (Wildman–Crippen MR) is 74.1 cm³/mol. The third kappa shape index (κ3) is 2.15. The van der Waals surface area contributed by atoms with Crippen LogP contribution in [0.4, 0.5) is 5.13 Å². The second kappa shape index (κ2) is 4.63. The van der Waals surface area contributed by atoms with Gasteiger partial charge in [0.1, 0.15) is 0 Å². The SMILES string of the molecule is Cc1cccc2sc(N3CCCNCC3)nc12. The Labute approximate surface area is 105 Å². The molecule has 2 heterocycles. The Morgan fingerprint density at radius 2 is 2.24 bits per heavy atom. The fraction of sp³-hybridized carbons (Fsp3) is 0.462. The van der Waals surface area contributed by atoms with Crippen LogP contribution in [0.2, 0.25) is 0 Å². The van der Waals surface area contributed by atoms with Crippen LogP contribution < -0.4 is 10.2 Å². The van der Waals surface area contributed by atoms with E-state index in [1.807, 2.05) is 11.3 Å². The first-order chi connectivity index (χ1) is 8.34. The number of hydrogen-bond donors (Lipinski definition) is 1. The van der Waals surface area contributed by atoms with E-state index in [4.69, 9.17) is 4.98 Å². The molecule has 1 N–H and O–H groups in total. The van der Waals surface area contributed by atoms with Gasteiger partial charge in [-0.1, -0.05) is 23.5 Å². The molecule has 1 aliphatic heterocycles. The van der Waals surface area contributed by atoms with Crippen molar-refractivity contribution in [2.45, 2.75) is 13.3 Å². The van der Waals surface area contributed by atoms with E-state index >= 15 is 0 Å². The molecular weight excluding hydrogens is 230 g/mol. The van der Waals surface area contributed by atoms with E-state index in [2.05, 4.69) is 35.3 Å². The highest BCUT2D eigenvalue weighted by atomic mass is 32.1. The van der Waals surface area contributed by atoms with Crippen LogP contribution in [0.3, 0.4) is 0 Å². The molecule has 0 bridgehead atoms.